The third-order valence-corrected chi connectivity index (χ3v) is 1.39. The molecule has 78 valence electrons. The van der Waals surface area contributed by atoms with E-state index < -0.39 is 0 Å². The maximum absolute atomic E-state index is 5.08. The van der Waals surface area contributed by atoms with Crippen LogP contribution >= 0.6 is 0 Å². The molecule has 0 aliphatic rings. The Bertz CT molecular complexity index is 121. The van der Waals surface area contributed by atoms with Crippen LogP contribution in [0.5, 0.6) is 0 Å². The van der Waals surface area contributed by atoms with E-state index >= 15 is 0 Å². The molecule has 0 saturated carbocycles. The van der Waals surface area contributed by atoms with Gasteiger partial charge in [0.25, 0.3) is 0 Å². The molecule has 0 spiro atoms. The third kappa shape index (κ3) is 7.93. The molecule has 0 saturated heterocycles. The minimum absolute atomic E-state index is 0.262. The lowest BCUT2D eigenvalue weighted by Gasteiger charge is -2.07. The average Bonchev–Trinajstić information content (AvgIpc) is 2.17. The Morgan fingerprint density at radius 2 is 1.85 bits per heavy atom. The molecule has 0 aromatic heterocycles. The SMILES string of the molecule is COCOCCC=CC(OC)OC. The molecule has 13 heavy (non-hydrogen) atoms. The zero-order valence-electron chi connectivity index (χ0n) is 8.49. The van der Waals surface area contributed by atoms with Crippen LogP contribution in [0.25, 0.3) is 0 Å². The van der Waals surface area contributed by atoms with E-state index in [1.165, 1.54) is 0 Å². The summed E-state index contributed by atoms with van der Waals surface area (Å²) >= 11 is 0. The maximum Gasteiger partial charge on any atom is 0.176 e. The van der Waals surface area contributed by atoms with Gasteiger partial charge in [0.2, 0.25) is 0 Å². The first-order valence-corrected chi connectivity index (χ1v) is 4.14. The largest absolute Gasteiger partial charge is 0.359 e. The van der Waals surface area contributed by atoms with Crippen molar-refractivity contribution in [2.75, 3.05) is 34.7 Å². The summed E-state index contributed by atoms with van der Waals surface area (Å²) in [5, 5.41) is 0. The van der Waals surface area contributed by atoms with E-state index in [1.54, 1.807) is 21.3 Å². The van der Waals surface area contributed by atoms with Gasteiger partial charge in [-0.25, -0.2) is 0 Å². The topological polar surface area (TPSA) is 36.9 Å². The van der Waals surface area contributed by atoms with E-state index in [0.717, 1.165) is 6.42 Å². The second kappa shape index (κ2) is 9.67. The minimum Gasteiger partial charge on any atom is -0.359 e. The molecule has 0 rings (SSSR count). The molecule has 0 atom stereocenters. The minimum atomic E-state index is -0.262. The standard InChI is InChI=1S/C9H18O4/c1-10-8-13-7-5-4-6-9(11-2)12-3/h4,6,9H,5,7-8H2,1-3H3. The van der Waals surface area contributed by atoms with E-state index in [1.807, 2.05) is 12.2 Å². The molecule has 0 radical (unpaired) electrons. The van der Waals surface area contributed by atoms with E-state index in [4.69, 9.17) is 18.9 Å². The van der Waals surface area contributed by atoms with Gasteiger partial charge < -0.3 is 18.9 Å². The second-order valence-corrected chi connectivity index (χ2v) is 2.37. The molecular weight excluding hydrogens is 172 g/mol. The molecule has 0 aliphatic carbocycles. The van der Waals surface area contributed by atoms with E-state index in [0.29, 0.717) is 13.4 Å². The Morgan fingerprint density at radius 1 is 1.15 bits per heavy atom. The molecular formula is C9H18O4. The number of hydrogen-bond donors (Lipinski definition) is 0. The van der Waals surface area contributed by atoms with Gasteiger partial charge in [-0.3, -0.25) is 0 Å². The predicted molar refractivity (Wildman–Crippen MR) is 49.4 cm³/mol. The molecule has 0 heterocycles. The Balaban J connectivity index is 3.28. The van der Waals surface area contributed by atoms with Gasteiger partial charge in [-0.05, 0) is 12.5 Å². The molecule has 4 nitrogen and oxygen atoms in total. The van der Waals surface area contributed by atoms with Crippen LogP contribution in [-0.4, -0.2) is 41.0 Å². The summed E-state index contributed by atoms with van der Waals surface area (Å²) in [6, 6.07) is 0. The highest BCUT2D eigenvalue weighted by Crippen LogP contribution is 1.94. The Labute approximate surface area is 79.4 Å². The van der Waals surface area contributed by atoms with Gasteiger partial charge in [-0.1, -0.05) is 6.08 Å². The fraction of sp³-hybridized carbons (Fsp3) is 0.778. The maximum atomic E-state index is 5.08. The van der Waals surface area contributed by atoms with Gasteiger partial charge in [-0.15, -0.1) is 0 Å². The van der Waals surface area contributed by atoms with Crippen molar-refractivity contribution in [1.82, 2.24) is 0 Å². The van der Waals surface area contributed by atoms with Crippen LogP contribution in [0.3, 0.4) is 0 Å². The van der Waals surface area contributed by atoms with Gasteiger partial charge >= 0.3 is 0 Å². The normalized spacial score (nSPS) is 11.7. The fourth-order valence-corrected chi connectivity index (χ4v) is 0.754. The van der Waals surface area contributed by atoms with Crippen molar-refractivity contribution >= 4 is 0 Å². The molecule has 0 unspecified atom stereocenters. The van der Waals surface area contributed by atoms with Crippen LogP contribution in [-0.2, 0) is 18.9 Å². The van der Waals surface area contributed by atoms with Crippen molar-refractivity contribution in [3.8, 4) is 0 Å². The number of rotatable bonds is 8. The molecule has 0 aromatic rings. The summed E-state index contributed by atoms with van der Waals surface area (Å²) in [5.74, 6) is 0. The summed E-state index contributed by atoms with van der Waals surface area (Å²) in [6.45, 7) is 0.982. The first-order chi connectivity index (χ1) is 6.35. The molecule has 0 aromatic carbocycles. The second-order valence-electron chi connectivity index (χ2n) is 2.37. The van der Waals surface area contributed by atoms with Gasteiger partial charge in [0.1, 0.15) is 6.79 Å². The highest BCUT2D eigenvalue weighted by atomic mass is 16.7. The van der Waals surface area contributed by atoms with Crippen molar-refractivity contribution in [2.45, 2.75) is 12.7 Å². The lowest BCUT2D eigenvalue weighted by atomic mass is 10.4. The Kier molecular flexibility index (Phi) is 9.35. The highest BCUT2D eigenvalue weighted by molar-refractivity contribution is 4.84. The first kappa shape index (κ1) is 12.6. The first-order valence-electron chi connectivity index (χ1n) is 4.14. The molecule has 4 heteroatoms. The molecule has 0 bridgehead atoms. The van der Waals surface area contributed by atoms with Crippen molar-refractivity contribution in [3.05, 3.63) is 12.2 Å². The summed E-state index contributed by atoms with van der Waals surface area (Å²) in [6.07, 6.45) is 4.36. The monoisotopic (exact) mass is 190 g/mol. The van der Waals surface area contributed by atoms with Crippen molar-refractivity contribution < 1.29 is 18.9 Å². The fourth-order valence-electron chi connectivity index (χ4n) is 0.754. The number of ether oxygens (including phenoxy) is 4. The summed E-state index contributed by atoms with van der Waals surface area (Å²) in [5.41, 5.74) is 0. The van der Waals surface area contributed by atoms with Gasteiger partial charge in [0, 0.05) is 21.3 Å². The third-order valence-electron chi connectivity index (χ3n) is 1.39. The number of hydrogen-bond acceptors (Lipinski definition) is 4. The van der Waals surface area contributed by atoms with E-state index in [-0.39, 0.29) is 6.29 Å². The lowest BCUT2D eigenvalue weighted by molar-refractivity contribution is -0.0669. The zero-order chi connectivity index (χ0) is 9.94. The molecule has 0 N–H and O–H groups in total. The van der Waals surface area contributed by atoms with Gasteiger partial charge in [0.05, 0.1) is 6.61 Å². The zero-order valence-corrected chi connectivity index (χ0v) is 8.49. The lowest BCUT2D eigenvalue weighted by Crippen LogP contribution is -2.08. The van der Waals surface area contributed by atoms with E-state index in [9.17, 15) is 0 Å². The van der Waals surface area contributed by atoms with Crippen molar-refractivity contribution in [2.24, 2.45) is 0 Å². The van der Waals surface area contributed by atoms with Gasteiger partial charge in [-0.2, -0.15) is 0 Å². The Morgan fingerprint density at radius 3 is 2.38 bits per heavy atom. The summed E-state index contributed by atoms with van der Waals surface area (Å²) < 4.78 is 19.7. The van der Waals surface area contributed by atoms with Crippen LogP contribution in [0, 0.1) is 0 Å². The van der Waals surface area contributed by atoms with Crippen molar-refractivity contribution in [3.63, 3.8) is 0 Å². The Hall–Kier alpha value is -0.420. The number of methoxy groups -OCH3 is 3. The summed E-state index contributed by atoms with van der Waals surface area (Å²) in [4.78, 5) is 0. The van der Waals surface area contributed by atoms with Crippen LogP contribution in [0.2, 0.25) is 0 Å². The van der Waals surface area contributed by atoms with Crippen LogP contribution < -0.4 is 0 Å². The quantitative estimate of drug-likeness (QED) is 0.327. The van der Waals surface area contributed by atoms with Gasteiger partial charge in [0.15, 0.2) is 6.29 Å². The smallest absolute Gasteiger partial charge is 0.176 e. The summed E-state index contributed by atoms with van der Waals surface area (Å²) in [7, 11) is 4.79. The highest BCUT2D eigenvalue weighted by Gasteiger charge is 1.95. The molecule has 0 amide bonds. The van der Waals surface area contributed by atoms with E-state index in [2.05, 4.69) is 0 Å². The molecule has 0 aliphatic heterocycles. The predicted octanol–water partition coefficient (Wildman–Crippen LogP) is 1.17. The van der Waals surface area contributed by atoms with Crippen LogP contribution in [0.1, 0.15) is 6.42 Å². The van der Waals surface area contributed by atoms with Crippen LogP contribution in [0.15, 0.2) is 12.2 Å². The van der Waals surface area contributed by atoms with Crippen molar-refractivity contribution in [1.29, 1.82) is 0 Å². The van der Waals surface area contributed by atoms with Crippen LogP contribution in [0.4, 0.5) is 0 Å². The average molecular weight is 190 g/mol. The molecule has 0 fully saturated rings.